The summed E-state index contributed by atoms with van der Waals surface area (Å²) in [5.74, 6) is 0.232. The van der Waals surface area contributed by atoms with Gasteiger partial charge in [0.15, 0.2) is 0 Å². The van der Waals surface area contributed by atoms with E-state index >= 15 is 0 Å². The van der Waals surface area contributed by atoms with E-state index in [0.717, 1.165) is 25.8 Å². The number of rotatable bonds is 4. The first-order chi connectivity index (χ1) is 10.5. The zero-order chi connectivity index (χ0) is 15.9. The fraction of sp³-hybridized carbons (Fsp3) is 0.800. The molecule has 0 aromatic carbocycles. The van der Waals surface area contributed by atoms with Crippen LogP contribution in [-0.2, 0) is 14.4 Å². The minimum absolute atomic E-state index is 0.0413. The van der Waals surface area contributed by atoms with Crippen LogP contribution in [0.25, 0.3) is 0 Å². The first-order valence-electron chi connectivity index (χ1n) is 8.01. The van der Waals surface area contributed by atoms with Gasteiger partial charge in [-0.2, -0.15) is 0 Å². The second-order valence-corrected chi connectivity index (χ2v) is 6.75. The van der Waals surface area contributed by atoms with Gasteiger partial charge in [0.25, 0.3) is 0 Å². The van der Waals surface area contributed by atoms with Crippen molar-refractivity contribution in [2.24, 2.45) is 5.92 Å². The van der Waals surface area contributed by atoms with Crippen molar-refractivity contribution in [3.8, 4) is 0 Å². The van der Waals surface area contributed by atoms with Crippen LogP contribution in [0.1, 0.15) is 26.2 Å². The van der Waals surface area contributed by atoms with Gasteiger partial charge in [-0.25, -0.2) is 0 Å². The van der Waals surface area contributed by atoms with E-state index in [0.29, 0.717) is 13.1 Å². The van der Waals surface area contributed by atoms with Crippen molar-refractivity contribution < 1.29 is 14.4 Å². The minimum atomic E-state index is -0.296. The Balaban J connectivity index is 1.58. The van der Waals surface area contributed by atoms with Crippen molar-refractivity contribution >= 4 is 17.7 Å². The van der Waals surface area contributed by atoms with Gasteiger partial charge in [0.2, 0.25) is 17.7 Å². The molecule has 2 saturated heterocycles. The lowest BCUT2D eigenvalue weighted by molar-refractivity contribution is -0.142. The Morgan fingerprint density at radius 1 is 1.27 bits per heavy atom. The number of piperazine rings is 1. The van der Waals surface area contributed by atoms with Crippen LogP contribution in [0.5, 0.6) is 0 Å². The molecule has 0 radical (unpaired) electrons. The van der Waals surface area contributed by atoms with E-state index in [2.05, 4.69) is 10.6 Å². The van der Waals surface area contributed by atoms with Gasteiger partial charge in [-0.3, -0.25) is 19.3 Å². The third-order valence-electron chi connectivity index (χ3n) is 4.84. The van der Waals surface area contributed by atoms with Gasteiger partial charge in [0.05, 0.1) is 0 Å². The van der Waals surface area contributed by atoms with Crippen molar-refractivity contribution in [3.05, 3.63) is 0 Å². The summed E-state index contributed by atoms with van der Waals surface area (Å²) in [7, 11) is 1.93. The molecule has 3 rings (SSSR count). The number of hydrogen-bond donors (Lipinski definition) is 2. The lowest BCUT2D eigenvalue weighted by Gasteiger charge is -2.40. The first-order valence-corrected chi connectivity index (χ1v) is 8.01. The van der Waals surface area contributed by atoms with Crippen LogP contribution in [0, 0.1) is 5.92 Å². The summed E-state index contributed by atoms with van der Waals surface area (Å²) in [4.78, 5) is 39.5. The standard InChI is InChI=1S/C15H24N4O3/c1-9(20)17-11-5-12-8-18(2)13(15(22)19(12)7-11)6-16-14(21)10-3-4-10/h10-13H,3-8H2,1-2H3,(H,16,21)(H,17,20)/t11-,12-,13-/m0/s1. The molecule has 3 atom stereocenters. The van der Waals surface area contributed by atoms with Crippen LogP contribution in [0.3, 0.4) is 0 Å². The molecule has 2 heterocycles. The molecule has 2 N–H and O–H groups in total. The number of nitrogens with one attached hydrogen (secondary N) is 2. The summed E-state index contributed by atoms with van der Waals surface area (Å²) >= 11 is 0. The highest BCUT2D eigenvalue weighted by Gasteiger charge is 2.44. The van der Waals surface area contributed by atoms with Crippen LogP contribution < -0.4 is 10.6 Å². The fourth-order valence-electron chi connectivity index (χ4n) is 3.52. The molecule has 0 bridgehead atoms. The topological polar surface area (TPSA) is 81.8 Å². The Bertz CT molecular complexity index is 491. The maximum Gasteiger partial charge on any atom is 0.242 e. The van der Waals surface area contributed by atoms with E-state index in [-0.39, 0.29) is 41.8 Å². The number of carbonyl (C=O) groups excluding carboxylic acids is 3. The zero-order valence-corrected chi connectivity index (χ0v) is 13.2. The summed E-state index contributed by atoms with van der Waals surface area (Å²) < 4.78 is 0. The number of nitrogens with zero attached hydrogens (tertiary/aromatic N) is 2. The van der Waals surface area contributed by atoms with Gasteiger partial charge < -0.3 is 15.5 Å². The number of carbonyl (C=O) groups is 3. The van der Waals surface area contributed by atoms with Crippen LogP contribution in [0.15, 0.2) is 0 Å². The van der Waals surface area contributed by atoms with E-state index in [4.69, 9.17) is 0 Å². The predicted molar refractivity (Wildman–Crippen MR) is 79.9 cm³/mol. The largest absolute Gasteiger partial charge is 0.354 e. The Morgan fingerprint density at radius 3 is 2.64 bits per heavy atom. The molecule has 3 fully saturated rings. The van der Waals surface area contributed by atoms with Gasteiger partial charge in [0, 0.05) is 44.6 Å². The van der Waals surface area contributed by atoms with E-state index in [1.807, 2.05) is 16.8 Å². The summed E-state index contributed by atoms with van der Waals surface area (Å²) in [6.07, 6.45) is 2.73. The van der Waals surface area contributed by atoms with Gasteiger partial charge in [-0.1, -0.05) is 0 Å². The smallest absolute Gasteiger partial charge is 0.242 e. The molecule has 122 valence electrons. The molecule has 7 nitrogen and oxygen atoms in total. The molecule has 3 amide bonds. The molecular formula is C15H24N4O3. The third kappa shape index (κ3) is 3.09. The molecule has 0 aromatic rings. The van der Waals surface area contributed by atoms with Crippen molar-refractivity contribution in [3.63, 3.8) is 0 Å². The van der Waals surface area contributed by atoms with Crippen LogP contribution in [-0.4, -0.2) is 72.3 Å². The predicted octanol–water partition coefficient (Wildman–Crippen LogP) is -1.07. The number of fused-ring (bicyclic) bond motifs is 1. The third-order valence-corrected chi connectivity index (χ3v) is 4.84. The fourth-order valence-corrected chi connectivity index (χ4v) is 3.52. The molecule has 0 spiro atoms. The Hall–Kier alpha value is -1.63. The average Bonchev–Trinajstić information content (AvgIpc) is 3.20. The molecule has 3 aliphatic rings. The molecule has 0 unspecified atom stereocenters. The van der Waals surface area contributed by atoms with Crippen molar-refractivity contribution in [2.75, 3.05) is 26.7 Å². The summed E-state index contributed by atoms with van der Waals surface area (Å²) in [5.41, 5.74) is 0. The molecule has 22 heavy (non-hydrogen) atoms. The van der Waals surface area contributed by atoms with E-state index in [9.17, 15) is 14.4 Å². The minimum Gasteiger partial charge on any atom is -0.354 e. The molecule has 1 saturated carbocycles. The zero-order valence-electron chi connectivity index (χ0n) is 13.2. The van der Waals surface area contributed by atoms with Gasteiger partial charge in [0.1, 0.15) is 6.04 Å². The van der Waals surface area contributed by atoms with Crippen LogP contribution >= 0.6 is 0 Å². The molecular weight excluding hydrogens is 284 g/mol. The first kappa shape index (κ1) is 15.3. The highest BCUT2D eigenvalue weighted by molar-refractivity contribution is 5.86. The van der Waals surface area contributed by atoms with Crippen molar-refractivity contribution in [2.45, 2.75) is 44.3 Å². The molecule has 1 aliphatic carbocycles. The van der Waals surface area contributed by atoms with Crippen molar-refractivity contribution in [1.82, 2.24) is 20.4 Å². The second-order valence-electron chi connectivity index (χ2n) is 6.75. The SMILES string of the molecule is CC(=O)N[C@H]1C[C@H]2CN(C)[C@@H](CNC(=O)C3CC3)C(=O)N2C1. The summed E-state index contributed by atoms with van der Waals surface area (Å²) in [5, 5.41) is 5.80. The maximum absolute atomic E-state index is 12.7. The normalized spacial score (nSPS) is 31.8. The second kappa shape index (κ2) is 5.87. The van der Waals surface area contributed by atoms with Crippen LogP contribution in [0.4, 0.5) is 0 Å². The summed E-state index contributed by atoms with van der Waals surface area (Å²) in [6, 6.07) is -0.0978. The number of likely N-dealkylation sites (N-methyl/N-ethyl adjacent to an activating group) is 1. The Kier molecular flexibility index (Phi) is 4.08. The Morgan fingerprint density at radius 2 is 2.00 bits per heavy atom. The highest BCUT2D eigenvalue weighted by atomic mass is 16.2. The maximum atomic E-state index is 12.7. The van der Waals surface area contributed by atoms with E-state index in [1.165, 1.54) is 6.92 Å². The molecule has 7 heteroatoms. The van der Waals surface area contributed by atoms with Gasteiger partial charge >= 0.3 is 0 Å². The molecule has 0 aromatic heterocycles. The highest BCUT2D eigenvalue weighted by Crippen LogP contribution is 2.29. The lowest BCUT2D eigenvalue weighted by Crippen LogP contribution is -2.61. The molecule has 2 aliphatic heterocycles. The van der Waals surface area contributed by atoms with Gasteiger partial charge in [-0.05, 0) is 26.3 Å². The van der Waals surface area contributed by atoms with Crippen LogP contribution in [0.2, 0.25) is 0 Å². The number of amides is 3. The average molecular weight is 308 g/mol. The number of hydrogen-bond acceptors (Lipinski definition) is 4. The monoisotopic (exact) mass is 308 g/mol. The van der Waals surface area contributed by atoms with E-state index in [1.54, 1.807) is 0 Å². The Labute approximate surface area is 130 Å². The van der Waals surface area contributed by atoms with Gasteiger partial charge in [-0.15, -0.1) is 0 Å². The lowest BCUT2D eigenvalue weighted by atomic mass is 10.1. The summed E-state index contributed by atoms with van der Waals surface area (Å²) in [6.45, 7) is 3.23. The van der Waals surface area contributed by atoms with E-state index < -0.39 is 0 Å². The quantitative estimate of drug-likeness (QED) is 0.693. The van der Waals surface area contributed by atoms with Crippen molar-refractivity contribution in [1.29, 1.82) is 0 Å².